The van der Waals surface area contributed by atoms with Crippen molar-refractivity contribution in [2.24, 2.45) is 0 Å². The number of imidazole rings is 1. The Morgan fingerprint density at radius 1 is 1.04 bits per heavy atom. The highest BCUT2D eigenvalue weighted by Crippen LogP contribution is 2.31. The van der Waals surface area contributed by atoms with Gasteiger partial charge in [0.25, 0.3) is 0 Å². The maximum atomic E-state index is 12.3. The van der Waals surface area contributed by atoms with Crippen LogP contribution in [0.25, 0.3) is 22.5 Å². The molecule has 0 saturated heterocycles. The number of aromatic carboxylic acids is 1. The van der Waals surface area contributed by atoms with Crippen LogP contribution in [0.1, 0.15) is 67.9 Å². The molecule has 2 heterocycles. The normalized spacial score (nSPS) is 12.3. The minimum atomic E-state index is -1.42. The van der Waals surface area contributed by atoms with E-state index in [2.05, 4.69) is 25.2 Å². The number of tetrazole rings is 1. The third-order valence-corrected chi connectivity index (χ3v) is 7.89. The molecule has 17 heteroatoms. The molecule has 2 aromatic heterocycles. The molecule has 0 saturated carbocycles. The number of aromatic nitrogens is 6. The monoisotopic (exact) mass is 685 g/mol. The number of hydrogen-bond donors (Lipinski definition) is 4. The molecule has 0 spiro atoms. The highest BCUT2D eigenvalue weighted by molar-refractivity contribution is 7.99. The molecule has 4 aromatic rings. The van der Waals surface area contributed by atoms with Gasteiger partial charge in [-0.2, -0.15) is 11.8 Å². The van der Waals surface area contributed by atoms with Crippen molar-refractivity contribution in [3.8, 4) is 22.5 Å². The second-order valence-corrected chi connectivity index (χ2v) is 12.3. The molecule has 2 aromatic carbocycles. The lowest BCUT2D eigenvalue weighted by Crippen LogP contribution is -2.22. The number of aliphatic hydroxyl groups is 1. The highest BCUT2D eigenvalue weighted by Gasteiger charge is 2.31. The molecule has 4 N–H and O–H groups in total. The number of benzene rings is 2. The third kappa shape index (κ3) is 9.59. The number of rotatable bonds is 17. The molecule has 0 radical (unpaired) electrons. The fraction of sp³-hybridized carbons (Fsp3) is 0.419. The molecule has 0 aliphatic heterocycles. The summed E-state index contributed by atoms with van der Waals surface area (Å²) in [5.41, 5.74) is 1.94. The summed E-state index contributed by atoms with van der Waals surface area (Å²) in [6.07, 6.45) is -0.478. The van der Waals surface area contributed by atoms with Crippen LogP contribution in [0, 0.1) is 0 Å². The number of thioether (sulfide) groups is 1. The van der Waals surface area contributed by atoms with E-state index >= 15 is 0 Å². The lowest BCUT2D eigenvalue weighted by atomic mass is 9.98. The number of nitrogens with zero attached hydrogens (tertiary/aromatic N) is 7. The molecule has 0 fully saturated rings. The van der Waals surface area contributed by atoms with Crippen molar-refractivity contribution < 1.29 is 44.5 Å². The summed E-state index contributed by atoms with van der Waals surface area (Å²) in [4.78, 5) is 34.5. The summed E-state index contributed by atoms with van der Waals surface area (Å²) < 4.78 is 12.0. The van der Waals surface area contributed by atoms with E-state index in [1.54, 1.807) is 11.5 Å². The molecule has 1 atom stereocenters. The maximum absolute atomic E-state index is 12.3. The van der Waals surface area contributed by atoms with E-state index in [0.29, 0.717) is 35.1 Å². The summed E-state index contributed by atoms with van der Waals surface area (Å²) in [5, 5.41) is 49.9. The van der Waals surface area contributed by atoms with Crippen molar-refractivity contribution in [2.75, 3.05) is 24.7 Å². The van der Waals surface area contributed by atoms with Gasteiger partial charge in [0.15, 0.2) is 5.69 Å². The number of hydrogen-bond acceptors (Lipinski definition) is 14. The zero-order chi connectivity index (χ0) is 34.8. The summed E-state index contributed by atoms with van der Waals surface area (Å²) in [6, 6.07) is 15.2. The molecule has 1 unspecified atom stereocenters. The predicted octanol–water partition coefficient (Wildman–Crippen LogP) is 4.55. The number of carboxylic acids is 1. The van der Waals surface area contributed by atoms with Gasteiger partial charge in [-0.15, -0.1) is 15.0 Å². The SMILES string of the molecule is CCCc1nc(C(C)(C)O)c(C(=O)O)n1Cc1ccc(-c2ccccc2-c2nnn(C(C)OC(=O)OCCSCCON(O)O)n2)cc1. The largest absolute Gasteiger partial charge is 0.510 e. The average Bonchev–Trinajstić information content (AvgIpc) is 3.67. The number of carbonyl (C=O) groups is 2. The van der Waals surface area contributed by atoms with E-state index in [-0.39, 0.29) is 36.5 Å². The molecular weight excluding hydrogens is 646 g/mol. The van der Waals surface area contributed by atoms with Crippen LogP contribution in [-0.4, -0.2) is 92.6 Å². The molecule has 0 aliphatic carbocycles. The van der Waals surface area contributed by atoms with Crippen LogP contribution < -0.4 is 0 Å². The summed E-state index contributed by atoms with van der Waals surface area (Å²) in [6.45, 7) is 7.03. The molecule has 0 bridgehead atoms. The average molecular weight is 686 g/mol. The zero-order valence-corrected chi connectivity index (χ0v) is 27.8. The smallest absolute Gasteiger partial charge is 0.477 e. The number of aryl methyl sites for hydroxylation is 1. The Balaban J connectivity index is 1.44. The molecule has 0 amide bonds. The second-order valence-electron chi connectivity index (χ2n) is 11.1. The standard InChI is InChI=1S/C31H39N7O9S/c1-5-8-25-32-27(31(3,4)42)26(29(39)40)36(25)19-21-11-13-22(14-12-21)23-9-6-7-10-24(23)28-33-35-37(34-28)20(2)47-30(41)45-15-17-48-18-16-46-38(43)44/h6-7,9-14,20,42-44H,5,8,15-19H2,1-4H3,(H,39,40). The van der Waals surface area contributed by atoms with Gasteiger partial charge in [0, 0.05) is 30.0 Å². The Labute approximate surface area is 280 Å². The Bertz CT molecular complexity index is 1670. The predicted molar refractivity (Wildman–Crippen MR) is 172 cm³/mol. The molecule has 48 heavy (non-hydrogen) atoms. The zero-order valence-electron chi connectivity index (χ0n) is 27.0. The van der Waals surface area contributed by atoms with E-state index in [1.165, 1.54) is 30.4 Å². The van der Waals surface area contributed by atoms with E-state index < -0.39 is 24.0 Å². The van der Waals surface area contributed by atoms with Crippen LogP contribution in [0.2, 0.25) is 0 Å². The van der Waals surface area contributed by atoms with Gasteiger partial charge in [0.05, 0.1) is 12.0 Å². The Morgan fingerprint density at radius 2 is 1.73 bits per heavy atom. The van der Waals surface area contributed by atoms with Crippen LogP contribution in [0.5, 0.6) is 0 Å². The van der Waals surface area contributed by atoms with E-state index in [9.17, 15) is 19.8 Å². The van der Waals surface area contributed by atoms with Crippen LogP contribution in [0.15, 0.2) is 48.5 Å². The molecular formula is C31H39N7O9S. The van der Waals surface area contributed by atoms with Gasteiger partial charge in [0.2, 0.25) is 12.1 Å². The van der Waals surface area contributed by atoms with Gasteiger partial charge in [-0.3, -0.25) is 10.4 Å². The van der Waals surface area contributed by atoms with Crippen molar-refractivity contribution in [3.63, 3.8) is 0 Å². The van der Waals surface area contributed by atoms with Gasteiger partial charge >= 0.3 is 12.1 Å². The van der Waals surface area contributed by atoms with Gasteiger partial charge in [-0.05, 0) is 49.1 Å². The number of carbonyl (C=O) groups excluding carboxylic acids is 1. The van der Waals surface area contributed by atoms with Gasteiger partial charge in [0.1, 0.15) is 23.7 Å². The van der Waals surface area contributed by atoms with E-state index in [4.69, 9.17) is 19.9 Å². The number of carboxylic acid groups (broad SMARTS) is 1. The molecule has 258 valence electrons. The Kier molecular flexibility index (Phi) is 12.6. The summed E-state index contributed by atoms with van der Waals surface area (Å²) >= 11 is 1.38. The first kappa shape index (κ1) is 36.4. The third-order valence-electron chi connectivity index (χ3n) is 6.98. The maximum Gasteiger partial charge on any atom is 0.510 e. The van der Waals surface area contributed by atoms with Gasteiger partial charge in [-0.25, -0.2) is 19.4 Å². The molecule has 16 nitrogen and oxygen atoms in total. The summed E-state index contributed by atoms with van der Waals surface area (Å²) in [7, 11) is 0. The molecule has 4 rings (SSSR count). The van der Waals surface area contributed by atoms with Crippen molar-refractivity contribution in [1.29, 1.82) is 0 Å². The first-order valence-electron chi connectivity index (χ1n) is 15.1. The van der Waals surface area contributed by atoms with E-state index in [1.807, 2.05) is 55.5 Å². The second kappa shape index (κ2) is 16.6. The lowest BCUT2D eigenvalue weighted by Gasteiger charge is -2.16. The van der Waals surface area contributed by atoms with Crippen molar-refractivity contribution in [1.82, 2.24) is 35.1 Å². The van der Waals surface area contributed by atoms with Crippen molar-refractivity contribution >= 4 is 23.9 Å². The van der Waals surface area contributed by atoms with Crippen LogP contribution >= 0.6 is 11.8 Å². The first-order chi connectivity index (χ1) is 22.9. The fourth-order valence-electron chi connectivity index (χ4n) is 4.80. The quantitative estimate of drug-likeness (QED) is 0.0683. The minimum absolute atomic E-state index is 0.0262. The Hall–Kier alpha value is -4.39. The first-order valence-corrected chi connectivity index (χ1v) is 16.3. The lowest BCUT2D eigenvalue weighted by molar-refractivity contribution is -0.490. The highest BCUT2D eigenvalue weighted by atomic mass is 32.2. The fourth-order valence-corrected chi connectivity index (χ4v) is 5.40. The molecule has 0 aliphatic rings. The Morgan fingerprint density at radius 3 is 2.38 bits per heavy atom. The van der Waals surface area contributed by atoms with Crippen molar-refractivity contribution in [2.45, 2.75) is 58.9 Å². The topological polar surface area (TPSA) is 207 Å². The summed E-state index contributed by atoms with van der Waals surface area (Å²) in [5.74, 6) is 0.663. The van der Waals surface area contributed by atoms with Gasteiger partial charge in [-0.1, -0.05) is 55.5 Å². The minimum Gasteiger partial charge on any atom is -0.477 e. The van der Waals surface area contributed by atoms with Crippen LogP contribution in [0.4, 0.5) is 4.79 Å². The number of ether oxygens (including phenoxy) is 2. The van der Waals surface area contributed by atoms with Gasteiger partial charge < -0.3 is 24.3 Å². The van der Waals surface area contributed by atoms with Crippen LogP contribution in [-0.2, 0) is 32.9 Å². The van der Waals surface area contributed by atoms with Crippen molar-refractivity contribution in [3.05, 3.63) is 71.3 Å². The van der Waals surface area contributed by atoms with Crippen LogP contribution in [0.3, 0.4) is 0 Å². The van der Waals surface area contributed by atoms with E-state index in [0.717, 1.165) is 23.1 Å².